The number of methoxy groups -OCH3 is 1. The highest BCUT2D eigenvalue weighted by Gasteiger charge is 2.45. The van der Waals surface area contributed by atoms with Crippen LogP contribution in [-0.4, -0.2) is 79.9 Å². The maximum Gasteiger partial charge on any atom is 0.403 e. The molecule has 5 nitrogen and oxygen atoms in total. The Balaban J connectivity index is 1.94. The molecule has 1 amide bonds. The van der Waals surface area contributed by atoms with Crippen LogP contribution in [0.1, 0.15) is 19.8 Å². The van der Waals surface area contributed by atoms with Gasteiger partial charge in [-0.15, -0.1) is 0 Å². The first-order chi connectivity index (χ1) is 10.3. The lowest BCUT2D eigenvalue weighted by molar-refractivity contribution is -0.185. The lowest BCUT2D eigenvalue weighted by Gasteiger charge is -2.43. The van der Waals surface area contributed by atoms with E-state index in [0.717, 1.165) is 0 Å². The minimum Gasteiger partial charge on any atom is -0.368 e. The SMILES string of the molecule is COC1(C(=O)N2CCN(C(C)C(F)(F)F)CC2)CCNCC1. The Hall–Kier alpha value is -0.860. The van der Waals surface area contributed by atoms with Gasteiger partial charge in [0.15, 0.2) is 0 Å². The van der Waals surface area contributed by atoms with Crippen molar-refractivity contribution in [1.82, 2.24) is 15.1 Å². The zero-order valence-electron chi connectivity index (χ0n) is 13.1. The predicted molar refractivity (Wildman–Crippen MR) is 75.5 cm³/mol. The van der Waals surface area contributed by atoms with E-state index < -0.39 is 17.8 Å². The zero-order chi connectivity index (χ0) is 16.4. The maximum absolute atomic E-state index is 12.7. The maximum atomic E-state index is 12.7. The summed E-state index contributed by atoms with van der Waals surface area (Å²) in [5, 5.41) is 3.19. The third-order valence-corrected chi connectivity index (χ3v) is 4.81. The third-order valence-electron chi connectivity index (χ3n) is 4.81. The van der Waals surface area contributed by atoms with Crippen LogP contribution in [0, 0.1) is 0 Å². The summed E-state index contributed by atoms with van der Waals surface area (Å²) < 4.78 is 43.7. The van der Waals surface area contributed by atoms with Crippen LogP contribution in [0.15, 0.2) is 0 Å². The van der Waals surface area contributed by atoms with Crippen LogP contribution in [-0.2, 0) is 9.53 Å². The molecule has 0 saturated carbocycles. The van der Waals surface area contributed by atoms with E-state index in [4.69, 9.17) is 4.74 Å². The van der Waals surface area contributed by atoms with E-state index in [1.807, 2.05) is 0 Å². The number of amides is 1. The molecule has 1 atom stereocenters. The van der Waals surface area contributed by atoms with E-state index in [-0.39, 0.29) is 19.0 Å². The van der Waals surface area contributed by atoms with Gasteiger partial charge in [-0.1, -0.05) is 0 Å². The molecule has 1 unspecified atom stereocenters. The van der Waals surface area contributed by atoms with Gasteiger partial charge in [0.2, 0.25) is 0 Å². The summed E-state index contributed by atoms with van der Waals surface area (Å²) in [6.45, 7) is 3.71. The number of nitrogens with zero attached hydrogens (tertiary/aromatic N) is 2. The molecule has 2 aliphatic rings. The largest absolute Gasteiger partial charge is 0.403 e. The van der Waals surface area contributed by atoms with E-state index in [1.54, 1.807) is 4.90 Å². The van der Waals surface area contributed by atoms with Gasteiger partial charge in [0.1, 0.15) is 11.6 Å². The molecular weight excluding hydrogens is 299 g/mol. The summed E-state index contributed by atoms with van der Waals surface area (Å²) >= 11 is 0. The average Bonchev–Trinajstić information content (AvgIpc) is 2.53. The topological polar surface area (TPSA) is 44.8 Å². The minimum atomic E-state index is -4.23. The Morgan fingerprint density at radius 2 is 1.73 bits per heavy atom. The minimum absolute atomic E-state index is 0.0872. The van der Waals surface area contributed by atoms with Crippen LogP contribution in [0.4, 0.5) is 13.2 Å². The third kappa shape index (κ3) is 3.55. The second-order valence-electron chi connectivity index (χ2n) is 5.99. The lowest BCUT2D eigenvalue weighted by atomic mass is 9.90. The Bertz CT molecular complexity index is 389. The van der Waals surface area contributed by atoms with Crippen LogP contribution in [0.5, 0.6) is 0 Å². The first-order valence-electron chi connectivity index (χ1n) is 7.66. The molecule has 0 spiro atoms. The van der Waals surface area contributed by atoms with Gasteiger partial charge in [0, 0.05) is 33.3 Å². The number of hydrogen-bond donors (Lipinski definition) is 1. The lowest BCUT2D eigenvalue weighted by Crippen LogP contribution is -2.60. The van der Waals surface area contributed by atoms with Crippen molar-refractivity contribution in [3.63, 3.8) is 0 Å². The number of alkyl halides is 3. The summed E-state index contributed by atoms with van der Waals surface area (Å²) in [7, 11) is 1.53. The summed E-state index contributed by atoms with van der Waals surface area (Å²) in [6.07, 6.45) is -3.03. The van der Waals surface area contributed by atoms with Crippen molar-refractivity contribution in [2.45, 2.75) is 37.6 Å². The van der Waals surface area contributed by atoms with E-state index in [1.165, 1.54) is 18.9 Å². The standard InChI is InChI=1S/C14H24F3N3O2/c1-11(14(15,16)17)19-7-9-20(10-8-19)12(21)13(22-2)3-5-18-6-4-13/h11,18H,3-10H2,1-2H3. The molecule has 2 fully saturated rings. The van der Waals surface area contributed by atoms with E-state index in [9.17, 15) is 18.0 Å². The number of nitrogens with one attached hydrogen (secondary N) is 1. The second kappa shape index (κ2) is 6.72. The molecule has 0 aliphatic carbocycles. The van der Waals surface area contributed by atoms with Crippen molar-refractivity contribution in [1.29, 1.82) is 0 Å². The molecular formula is C14H24F3N3O2. The van der Waals surface area contributed by atoms with E-state index in [0.29, 0.717) is 39.0 Å². The first kappa shape index (κ1) is 17.5. The molecule has 22 heavy (non-hydrogen) atoms. The van der Waals surface area contributed by atoms with Crippen molar-refractivity contribution in [2.24, 2.45) is 0 Å². The van der Waals surface area contributed by atoms with Gasteiger partial charge in [-0.2, -0.15) is 13.2 Å². The number of carbonyl (C=O) groups excluding carboxylic acids is 1. The molecule has 0 radical (unpaired) electrons. The quantitative estimate of drug-likeness (QED) is 0.836. The Labute approximate surface area is 128 Å². The molecule has 0 aromatic heterocycles. The van der Waals surface area contributed by atoms with Crippen LogP contribution in [0.25, 0.3) is 0 Å². The molecule has 2 saturated heterocycles. The molecule has 2 aliphatic heterocycles. The molecule has 2 heterocycles. The van der Waals surface area contributed by atoms with Crippen LogP contribution >= 0.6 is 0 Å². The van der Waals surface area contributed by atoms with Gasteiger partial charge in [-0.05, 0) is 32.9 Å². The highest BCUT2D eigenvalue weighted by molar-refractivity contribution is 5.85. The van der Waals surface area contributed by atoms with Gasteiger partial charge in [0.25, 0.3) is 5.91 Å². The number of hydrogen-bond acceptors (Lipinski definition) is 4. The average molecular weight is 323 g/mol. The summed E-state index contributed by atoms with van der Waals surface area (Å²) in [6, 6.07) is -1.47. The number of piperazine rings is 1. The fourth-order valence-electron chi connectivity index (χ4n) is 3.14. The highest BCUT2D eigenvalue weighted by atomic mass is 19.4. The number of carbonyl (C=O) groups is 1. The Morgan fingerprint density at radius 3 is 2.18 bits per heavy atom. The zero-order valence-corrected chi connectivity index (χ0v) is 13.1. The molecule has 128 valence electrons. The van der Waals surface area contributed by atoms with Gasteiger partial charge in [-0.3, -0.25) is 9.69 Å². The Kier molecular flexibility index (Phi) is 5.34. The molecule has 8 heteroatoms. The van der Waals surface area contributed by atoms with Crippen molar-refractivity contribution in [2.75, 3.05) is 46.4 Å². The van der Waals surface area contributed by atoms with Crippen molar-refractivity contribution in [3.05, 3.63) is 0 Å². The van der Waals surface area contributed by atoms with Gasteiger partial charge < -0.3 is 15.0 Å². The number of rotatable bonds is 3. The first-order valence-corrected chi connectivity index (χ1v) is 7.66. The fraction of sp³-hybridized carbons (Fsp3) is 0.929. The molecule has 2 rings (SSSR count). The smallest absolute Gasteiger partial charge is 0.368 e. The predicted octanol–water partition coefficient (Wildman–Crippen LogP) is 0.850. The normalized spacial score (nSPS) is 25.0. The number of piperidine rings is 1. The highest BCUT2D eigenvalue weighted by Crippen LogP contribution is 2.28. The van der Waals surface area contributed by atoms with Crippen LogP contribution < -0.4 is 5.32 Å². The number of halogens is 3. The van der Waals surface area contributed by atoms with E-state index in [2.05, 4.69) is 5.32 Å². The second-order valence-corrected chi connectivity index (χ2v) is 5.99. The molecule has 0 aromatic rings. The summed E-state index contributed by atoms with van der Waals surface area (Å²) in [5.74, 6) is -0.0872. The number of ether oxygens (including phenoxy) is 1. The van der Waals surface area contributed by atoms with Crippen molar-refractivity contribution < 1.29 is 22.7 Å². The molecule has 1 N–H and O–H groups in total. The van der Waals surface area contributed by atoms with Crippen LogP contribution in [0.2, 0.25) is 0 Å². The van der Waals surface area contributed by atoms with Crippen molar-refractivity contribution in [3.8, 4) is 0 Å². The van der Waals surface area contributed by atoms with Gasteiger partial charge in [0.05, 0.1) is 0 Å². The fourth-order valence-corrected chi connectivity index (χ4v) is 3.14. The molecule has 0 bridgehead atoms. The molecule has 0 aromatic carbocycles. The monoisotopic (exact) mass is 323 g/mol. The van der Waals surface area contributed by atoms with Crippen LogP contribution in [0.3, 0.4) is 0 Å². The summed E-state index contributed by atoms with van der Waals surface area (Å²) in [5.41, 5.74) is -0.816. The van der Waals surface area contributed by atoms with Crippen molar-refractivity contribution >= 4 is 5.91 Å². The Morgan fingerprint density at radius 1 is 1.18 bits per heavy atom. The summed E-state index contributed by atoms with van der Waals surface area (Å²) in [4.78, 5) is 15.7. The van der Waals surface area contributed by atoms with Gasteiger partial charge in [-0.25, -0.2) is 0 Å². The van der Waals surface area contributed by atoms with E-state index >= 15 is 0 Å². The van der Waals surface area contributed by atoms with Gasteiger partial charge >= 0.3 is 6.18 Å².